The van der Waals surface area contributed by atoms with E-state index in [2.05, 4.69) is 20.0 Å². The molecule has 0 spiro atoms. The van der Waals surface area contributed by atoms with E-state index in [1.165, 1.54) is 24.8 Å². The van der Waals surface area contributed by atoms with Crippen LogP contribution >= 0.6 is 0 Å². The van der Waals surface area contributed by atoms with Gasteiger partial charge in [0, 0.05) is 25.9 Å². The average Bonchev–Trinajstić information content (AvgIpc) is 3.15. The van der Waals surface area contributed by atoms with Crippen LogP contribution in [0.1, 0.15) is 28.2 Å². The number of imidazole rings is 1. The summed E-state index contributed by atoms with van der Waals surface area (Å²) in [7, 11) is 1.69. The number of aromatic nitrogens is 3. The van der Waals surface area contributed by atoms with Crippen LogP contribution in [0, 0.1) is 5.82 Å². The van der Waals surface area contributed by atoms with Gasteiger partial charge in [0.1, 0.15) is 22.7 Å². The molecule has 0 saturated carbocycles. The van der Waals surface area contributed by atoms with E-state index in [1.54, 1.807) is 23.7 Å². The summed E-state index contributed by atoms with van der Waals surface area (Å²) in [6.07, 6.45) is -0.454. The fraction of sp³-hybridized carbons (Fsp3) is 0.250. The lowest BCUT2D eigenvalue weighted by Crippen LogP contribution is -2.50. The monoisotopic (exact) mass is 436 g/mol. The van der Waals surface area contributed by atoms with Crippen LogP contribution in [0.5, 0.6) is 11.5 Å². The summed E-state index contributed by atoms with van der Waals surface area (Å²) in [6.45, 7) is 0.156. The van der Waals surface area contributed by atoms with E-state index >= 15 is 0 Å². The number of hydrogen-bond acceptors (Lipinski definition) is 5. The molecule has 1 N–H and O–H groups in total. The second kappa shape index (κ2) is 7.56. The zero-order valence-electron chi connectivity index (χ0n) is 16.1. The van der Waals surface area contributed by atoms with Gasteiger partial charge in [-0.25, -0.2) is 9.37 Å². The van der Waals surface area contributed by atoms with Gasteiger partial charge in [-0.1, -0.05) is 6.07 Å². The maximum atomic E-state index is 14.5. The molecule has 1 atom stereocenters. The third-order valence-corrected chi connectivity index (χ3v) is 4.82. The highest BCUT2D eigenvalue weighted by atomic mass is 19.4. The van der Waals surface area contributed by atoms with E-state index in [1.807, 2.05) is 0 Å². The van der Waals surface area contributed by atoms with Crippen molar-refractivity contribution in [1.82, 2.24) is 19.9 Å². The van der Waals surface area contributed by atoms with Crippen LogP contribution < -0.4 is 14.8 Å². The molecule has 0 unspecified atom stereocenters. The molecule has 11 heteroatoms. The number of fused-ring (bicyclic) bond motifs is 1. The molecule has 0 bridgehead atoms. The second-order valence-corrected chi connectivity index (χ2v) is 6.93. The first-order valence-corrected chi connectivity index (χ1v) is 9.12. The molecule has 31 heavy (non-hydrogen) atoms. The Bertz CT molecular complexity index is 1130. The molecule has 162 valence electrons. The molecular formula is C20H16F4N4O3. The number of alkyl halides is 3. The third-order valence-electron chi connectivity index (χ3n) is 4.82. The van der Waals surface area contributed by atoms with Crippen LogP contribution in [0.25, 0.3) is 0 Å². The smallest absolute Gasteiger partial charge is 0.491 e. The summed E-state index contributed by atoms with van der Waals surface area (Å²) in [5.41, 5.74) is -0.758. The van der Waals surface area contributed by atoms with E-state index in [0.29, 0.717) is 11.4 Å². The van der Waals surface area contributed by atoms with Crippen molar-refractivity contribution in [2.24, 2.45) is 7.05 Å². The molecular weight excluding hydrogens is 420 g/mol. The molecule has 1 aliphatic heterocycles. The highest BCUT2D eigenvalue weighted by molar-refractivity contribution is 5.93. The molecule has 1 aliphatic rings. The number of carbonyl (C=O) groups is 1. The summed E-state index contributed by atoms with van der Waals surface area (Å²) >= 11 is 0. The highest BCUT2D eigenvalue weighted by Gasteiger charge is 2.43. The quantitative estimate of drug-likeness (QED) is 0.635. The Morgan fingerprint density at radius 1 is 1.29 bits per heavy atom. The molecule has 0 radical (unpaired) electrons. The minimum absolute atomic E-state index is 0.114. The zero-order valence-corrected chi connectivity index (χ0v) is 16.1. The van der Waals surface area contributed by atoms with E-state index in [4.69, 9.17) is 4.74 Å². The highest BCUT2D eigenvalue weighted by Crippen LogP contribution is 2.42. The van der Waals surface area contributed by atoms with Crippen molar-refractivity contribution >= 4 is 5.91 Å². The van der Waals surface area contributed by atoms with Gasteiger partial charge < -0.3 is 19.4 Å². The molecule has 1 aromatic carbocycles. The number of amides is 1. The standard InChI is InChI=1S/C20H16F4N4O3/c1-28-10-14(26-11-28)18(29)27-19(6-8-30-16-3-2-7-25-17(16)19)12-4-5-15(13(21)9-12)31-20(22,23)24/h2-5,7,9-11H,6,8H2,1H3,(H,27,29)/t19-/m0/s1. The Labute approximate surface area is 173 Å². The Morgan fingerprint density at radius 2 is 2.10 bits per heavy atom. The van der Waals surface area contributed by atoms with E-state index in [-0.39, 0.29) is 24.3 Å². The molecule has 3 heterocycles. The zero-order chi connectivity index (χ0) is 22.2. The fourth-order valence-electron chi connectivity index (χ4n) is 3.50. The molecule has 7 nitrogen and oxygen atoms in total. The predicted molar refractivity (Wildman–Crippen MR) is 98.9 cm³/mol. The maximum absolute atomic E-state index is 14.5. The largest absolute Gasteiger partial charge is 0.573 e. The topological polar surface area (TPSA) is 78.3 Å². The fourth-order valence-corrected chi connectivity index (χ4v) is 3.50. The van der Waals surface area contributed by atoms with Crippen molar-refractivity contribution in [2.75, 3.05) is 6.61 Å². The van der Waals surface area contributed by atoms with Gasteiger partial charge in [0.15, 0.2) is 11.6 Å². The first-order valence-electron chi connectivity index (χ1n) is 9.12. The Balaban J connectivity index is 1.81. The summed E-state index contributed by atoms with van der Waals surface area (Å²) in [4.78, 5) is 21.3. The number of rotatable bonds is 4. The number of aryl methyl sites for hydroxylation is 1. The van der Waals surface area contributed by atoms with Gasteiger partial charge in [-0.2, -0.15) is 0 Å². The summed E-state index contributed by atoms with van der Waals surface area (Å²) < 4.78 is 63.0. The Kier molecular flexibility index (Phi) is 5.03. The van der Waals surface area contributed by atoms with Gasteiger partial charge >= 0.3 is 6.36 Å². The lowest BCUT2D eigenvalue weighted by atomic mass is 9.81. The molecule has 4 rings (SSSR count). The minimum Gasteiger partial charge on any atom is -0.491 e. The molecule has 0 fully saturated rings. The van der Waals surface area contributed by atoms with Crippen molar-refractivity contribution in [1.29, 1.82) is 0 Å². The number of hydrogen-bond donors (Lipinski definition) is 1. The van der Waals surface area contributed by atoms with Crippen molar-refractivity contribution in [2.45, 2.75) is 18.3 Å². The summed E-state index contributed by atoms with van der Waals surface area (Å²) in [5.74, 6) is -2.40. The van der Waals surface area contributed by atoms with Crippen LogP contribution in [0.3, 0.4) is 0 Å². The van der Waals surface area contributed by atoms with Crippen LogP contribution in [-0.4, -0.2) is 33.4 Å². The van der Waals surface area contributed by atoms with Crippen LogP contribution in [-0.2, 0) is 12.6 Å². The number of nitrogens with zero attached hydrogens (tertiary/aromatic N) is 3. The van der Waals surface area contributed by atoms with Gasteiger partial charge in [-0.05, 0) is 29.8 Å². The molecule has 0 saturated heterocycles. The first kappa shape index (κ1) is 20.6. The maximum Gasteiger partial charge on any atom is 0.573 e. The van der Waals surface area contributed by atoms with Gasteiger partial charge in [-0.15, -0.1) is 13.2 Å². The van der Waals surface area contributed by atoms with Gasteiger partial charge in [0.2, 0.25) is 0 Å². The Morgan fingerprint density at radius 3 is 2.77 bits per heavy atom. The van der Waals surface area contributed by atoms with Gasteiger partial charge in [0.25, 0.3) is 5.91 Å². The van der Waals surface area contributed by atoms with Gasteiger partial charge in [-0.3, -0.25) is 9.78 Å². The SMILES string of the molecule is Cn1cnc(C(=O)N[C@]2(c3ccc(OC(F)(F)F)c(F)c3)CCOc3cccnc32)c1. The molecule has 1 amide bonds. The Hall–Kier alpha value is -3.63. The van der Waals surface area contributed by atoms with Crippen LogP contribution in [0.2, 0.25) is 0 Å². The van der Waals surface area contributed by atoms with Crippen molar-refractivity contribution in [3.8, 4) is 11.5 Å². The van der Waals surface area contributed by atoms with E-state index < -0.39 is 29.4 Å². The second-order valence-electron chi connectivity index (χ2n) is 6.93. The number of benzene rings is 1. The van der Waals surface area contributed by atoms with Crippen LogP contribution in [0.15, 0.2) is 49.1 Å². The average molecular weight is 436 g/mol. The lowest BCUT2D eigenvalue weighted by Gasteiger charge is -2.38. The van der Waals surface area contributed by atoms with E-state index in [0.717, 1.165) is 12.1 Å². The molecule has 3 aromatic rings. The number of pyridine rings is 1. The number of nitrogens with one attached hydrogen (secondary N) is 1. The normalized spacial score (nSPS) is 18.1. The molecule has 2 aromatic heterocycles. The van der Waals surface area contributed by atoms with Gasteiger partial charge in [0.05, 0.1) is 12.9 Å². The summed E-state index contributed by atoms with van der Waals surface area (Å²) in [5, 5.41) is 2.84. The van der Waals surface area contributed by atoms with Crippen molar-refractivity contribution in [3.05, 3.63) is 71.8 Å². The third kappa shape index (κ3) is 4.03. The first-order chi connectivity index (χ1) is 14.7. The lowest BCUT2D eigenvalue weighted by molar-refractivity contribution is -0.275. The predicted octanol–water partition coefficient (Wildman–Crippen LogP) is 3.31. The number of carbonyl (C=O) groups excluding carboxylic acids is 1. The van der Waals surface area contributed by atoms with E-state index in [9.17, 15) is 22.4 Å². The molecule has 0 aliphatic carbocycles. The van der Waals surface area contributed by atoms with Crippen molar-refractivity contribution in [3.63, 3.8) is 0 Å². The number of halogens is 4. The van der Waals surface area contributed by atoms with Crippen molar-refractivity contribution < 1.29 is 31.8 Å². The number of ether oxygens (including phenoxy) is 2. The van der Waals surface area contributed by atoms with Crippen LogP contribution in [0.4, 0.5) is 17.6 Å². The minimum atomic E-state index is -5.04. The summed E-state index contributed by atoms with van der Waals surface area (Å²) in [6, 6.07) is 6.29.